The number of hydrogen-bond donors (Lipinski definition) is 2. The standard InChI is InChI=1S/C15H28N2O3/c1-2-3-4-5-6-7-8-13(14(16)18)17-15(19)12-9-10-20-11-12/h12-13H,2-11H2,1H3,(H2,16,18)(H,17,19)/t12-,13-/m0/s1. The molecule has 0 aromatic carbocycles. The van der Waals surface area contributed by atoms with Gasteiger partial charge in [0.15, 0.2) is 0 Å². The number of ether oxygens (including phenoxy) is 1. The Morgan fingerprint density at radius 2 is 1.95 bits per heavy atom. The van der Waals surface area contributed by atoms with E-state index in [4.69, 9.17) is 10.5 Å². The Balaban J connectivity index is 2.22. The Hall–Kier alpha value is -1.10. The molecule has 1 rings (SSSR count). The predicted octanol–water partition coefficient (Wildman–Crippen LogP) is 1.74. The topological polar surface area (TPSA) is 81.4 Å². The van der Waals surface area contributed by atoms with Gasteiger partial charge in [0.25, 0.3) is 0 Å². The van der Waals surface area contributed by atoms with Crippen LogP contribution in [0.2, 0.25) is 0 Å². The first kappa shape index (κ1) is 17.0. The van der Waals surface area contributed by atoms with E-state index in [2.05, 4.69) is 12.2 Å². The molecule has 0 aromatic heterocycles. The van der Waals surface area contributed by atoms with Crippen LogP contribution in [-0.4, -0.2) is 31.1 Å². The number of carbonyl (C=O) groups excluding carboxylic acids is 2. The van der Waals surface area contributed by atoms with Crippen molar-refractivity contribution in [3.8, 4) is 0 Å². The van der Waals surface area contributed by atoms with Crippen LogP contribution in [0, 0.1) is 5.92 Å². The number of rotatable bonds is 10. The minimum atomic E-state index is -0.533. The van der Waals surface area contributed by atoms with E-state index in [0.29, 0.717) is 19.6 Å². The number of carbonyl (C=O) groups is 2. The lowest BCUT2D eigenvalue weighted by Gasteiger charge is -2.17. The Bertz CT molecular complexity index is 301. The zero-order valence-electron chi connectivity index (χ0n) is 12.5. The van der Waals surface area contributed by atoms with Crippen molar-refractivity contribution in [3.05, 3.63) is 0 Å². The van der Waals surface area contributed by atoms with Gasteiger partial charge in [0, 0.05) is 6.61 Å². The molecule has 0 bridgehead atoms. The molecule has 3 N–H and O–H groups in total. The highest BCUT2D eigenvalue weighted by Crippen LogP contribution is 2.13. The van der Waals surface area contributed by atoms with Gasteiger partial charge in [-0.3, -0.25) is 9.59 Å². The number of amides is 2. The Morgan fingerprint density at radius 3 is 2.55 bits per heavy atom. The second kappa shape index (κ2) is 9.75. The SMILES string of the molecule is CCCCCCCC[C@H](NC(=O)[C@H]1CCOC1)C(N)=O. The smallest absolute Gasteiger partial charge is 0.239 e. The monoisotopic (exact) mass is 284 g/mol. The third kappa shape index (κ3) is 6.37. The Morgan fingerprint density at radius 1 is 1.25 bits per heavy atom. The van der Waals surface area contributed by atoms with Crippen molar-refractivity contribution in [2.75, 3.05) is 13.2 Å². The predicted molar refractivity (Wildman–Crippen MR) is 78.0 cm³/mol. The van der Waals surface area contributed by atoms with Crippen molar-refractivity contribution in [1.82, 2.24) is 5.32 Å². The second-order valence-electron chi connectivity index (χ2n) is 5.58. The Kier molecular flexibility index (Phi) is 8.26. The van der Waals surface area contributed by atoms with Gasteiger partial charge in [0.1, 0.15) is 6.04 Å². The fraction of sp³-hybridized carbons (Fsp3) is 0.867. The van der Waals surface area contributed by atoms with Crippen molar-refractivity contribution in [3.63, 3.8) is 0 Å². The summed E-state index contributed by atoms with van der Waals surface area (Å²) in [6.07, 6.45) is 8.30. The van der Waals surface area contributed by atoms with Crippen LogP contribution in [-0.2, 0) is 14.3 Å². The maximum absolute atomic E-state index is 11.9. The lowest BCUT2D eigenvalue weighted by Crippen LogP contribution is -2.46. The molecule has 20 heavy (non-hydrogen) atoms. The minimum absolute atomic E-state index is 0.0997. The van der Waals surface area contributed by atoms with Gasteiger partial charge in [0.05, 0.1) is 12.5 Å². The first-order chi connectivity index (χ1) is 9.65. The van der Waals surface area contributed by atoms with Crippen LogP contribution >= 0.6 is 0 Å². The molecule has 0 spiro atoms. The molecular weight excluding hydrogens is 256 g/mol. The van der Waals surface area contributed by atoms with Gasteiger partial charge >= 0.3 is 0 Å². The molecule has 0 aliphatic carbocycles. The molecule has 0 aromatic rings. The first-order valence-electron chi connectivity index (χ1n) is 7.82. The molecule has 1 saturated heterocycles. The van der Waals surface area contributed by atoms with Crippen molar-refractivity contribution < 1.29 is 14.3 Å². The van der Waals surface area contributed by atoms with E-state index in [-0.39, 0.29) is 11.8 Å². The van der Waals surface area contributed by atoms with E-state index >= 15 is 0 Å². The highest BCUT2D eigenvalue weighted by molar-refractivity contribution is 5.87. The summed E-state index contributed by atoms with van der Waals surface area (Å²) in [6.45, 7) is 3.26. The fourth-order valence-electron chi connectivity index (χ4n) is 2.45. The van der Waals surface area contributed by atoms with E-state index in [1.54, 1.807) is 0 Å². The lowest BCUT2D eigenvalue weighted by molar-refractivity contribution is -0.130. The highest BCUT2D eigenvalue weighted by atomic mass is 16.5. The lowest BCUT2D eigenvalue weighted by atomic mass is 10.0. The van der Waals surface area contributed by atoms with Crippen LogP contribution in [0.25, 0.3) is 0 Å². The van der Waals surface area contributed by atoms with Crippen LogP contribution < -0.4 is 11.1 Å². The zero-order valence-corrected chi connectivity index (χ0v) is 12.5. The van der Waals surface area contributed by atoms with Crippen molar-refractivity contribution in [1.29, 1.82) is 0 Å². The maximum Gasteiger partial charge on any atom is 0.239 e. The summed E-state index contributed by atoms with van der Waals surface area (Å²) < 4.78 is 5.18. The van der Waals surface area contributed by atoms with Crippen LogP contribution in [0.3, 0.4) is 0 Å². The molecule has 1 heterocycles. The van der Waals surface area contributed by atoms with Crippen LogP contribution in [0.5, 0.6) is 0 Å². The molecule has 0 radical (unpaired) electrons. The van der Waals surface area contributed by atoms with Gasteiger partial charge in [0.2, 0.25) is 11.8 Å². The maximum atomic E-state index is 11.9. The van der Waals surface area contributed by atoms with Gasteiger partial charge in [-0.05, 0) is 12.8 Å². The number of nitrogens with one attached hydrogen (secondary N) is 1. The average molecular weight is 284 g/mol. The van der Waals surface area contributed by atoms with Crippen molar-refractivity contribution in [2.24, 2.45) is 11.7 Å². The van der Waals surface area contributed by atoms with E-state index in [0.717, 1.165) is 19.3 Å². The van der Waals surface area contributed by atoms with Gasteiger partial charge in [-0.1, -0.05) is 45.4 Å². The molecule has 2 amide bonds. The van der Waals surface area contributed by atoms with Crippen molar-refractivity contribution >= 4 is 11.8 Å². The van der Waals surface area contributed by atoms with Crippen molar-refractivity contribution in [2.45, 2.75) is 64.3 Å². The van der Waals surface area contributed by atoms with Gasteiger partial charge < -0.3 is 15.8 Å². The average Bonchev–Trinajstić information content (AvgIpc) is 2.95. The molecule has 116 valence electrons. The van der Waals surface area contributed by atoms with E-state index in [9.17, 15) is 9.59 Å². The number of primary amides is 1. The summed E-state index contributed by atoms with van der Waals surface area (Å²) in [5, 5.41) is 2.77. The minimum Gasteiger partial charge on any atom is -0.381 e. The summed E-state index contributed by atoms with van der Waals surface area (Å²) >= 11 is 0. The van der Waals surface area contributed by atoms with E-state index in [1.807, 2.05) is 0 Å². The molecule has 0 saturated carbocycles. The molecule has 1 fully saturated rings. The van der Waals surface area contributed by atoms with Gasteiger partial charge in [-0.15, -0.1) is 0 Å². The third-order valence-electron chi connectivity index (χ3n) is 3.81. The Labute approximate surface area is 121 Å². The molecule has 0 unspecified atom stereocenters. The quantitative estimate of drug-likeness (QED) is 0.600. The highest BCUT2D eigenvalue weighted by Gasteiger charge is 2.26. The zero-order chi connectivity index (χ0) is 14.8. The molecule has 5 nitrogen and oxygen atoms in total. The van der Waals surface area contributed by atoms with E-state index in [1.165, 1.54) is 25.7 Å². The first-order valence-corrected chi connectivity index (χ1v) is 7.82. The second-order valence-corrected chi connectivity index (χ2v) is 5.58. The number of hydrogen-bond acceptors (Lipinski definition) is 3. The summed E-state index contributed by atoms with van der Waals surface area (Å²) in [5.41, 5.74) is 5.36. The summed E-state index contributed by atoms with van der Waals surface area (Å²) in [4.78, 5) is 23.3. The summed E-state index contributed by atoms with van der Waals surface area (Å²) in [7, 11) is 0. The number of nitrogens with two attached hydrogens (primary N) is 1. The normalized spacial score (nSPS) is 19.8. The summed E-state index contributed by atoms with van der Waals surface area (Å²) in [5.74, 6) is -0.662. The third-order valence-corrected chi connectivity index (χ3v) is 3.81. The van der Waals surface area contributed by atoms with Gasteiger partial charge in [-0.2, -0.15) is 0 Å². The van der Waals surface area contributed by atoms with Gasteiger partial charge in [-0.25, -0.2) is 0 Å². The molecular formula is C15H28N2O3. The molecule has 2 atom stereocenters. The van der Waals surface area contributed by atoms with Crippen LogP contribution in [0.4, 0.5) is 0 Å². The van der Waals surface area contributed by atoms with E-state index < -0.39 is 11.9 Å². The van der Waals surface area contributed by atoms with Crippen LogP contribution in [0.15, 0.2) is 0 Å². The molecule has 1 aliphatic heterocycles. The summed E-state index contributed by atoms with van der Waals surface area (Å²) in [6, 6.07) is -0.533. The largest absolute Gasteiger partial charge is 0.381 e. The van der Waals surface area contributed by atoms with Crippen LogP contribution in [0.1, 0.15) is 58.3 Å². The molecule has 5 heteroatoms. The fourth-order valence-corrected chi connectivity index (χ4v) is 2.45. The molecule has 1 aliphatic rings. The number of unbranched alkanes of at least 4 members (excludes halogenated alkanes) is 5.